The predicted molar refractivity (Wildman–Crippen MR) is 128 cm³/mol. The molecule has 9 heteroatoms. The van der Waals surface area contributed by atoms with Crippen molar-refractivity contribution < 1.29 is 17.6 Å². The van der Waals surface area contributed by atoms with Crippen LogP contribution in [0.4, 0.5) is 5.69 Å². The number of morpholine rings is 1. The highest BCUT2D eigenvalue weighted by Crippen LogP contribution is 2.32. The van der Waals surface area contributed by atoms with Crippen LogP contribution in [0.25, 0.3) is 11.5 Å². The van der Waals surface area contributed by atoms with Gasteiger partial charge in [-0.1, -0.05) is 25.7 Å². The van der Waals surface area contributed by atoms with Crippen molar-refractivity contribution in [3.05, 3.63) is 52.8 Å². The first-order valence-corrected chi connectivity index (χ1v) is 13.9. The second-order valence-corrected chi connectivity index (χ2v) is 11.3. The van der Waals surface area contributed by atoms with E-state index in [0.29, 0.717) is 37.2 Å². The molecule has 0 bridgehead atoms. The van der Waals surface area contributed by atoms with E-state index in [1.54, 1.807) is 41.9 Å². The van der Waals surface area contributed by atoms with Crippen LogP contribution < -0.4 is 4.80 Å². The summed E-state index contributed by atoms with van der Waals surface area (Å²) in [6, 6.07) is 11.2. The molecule has 0 spiro atoms. The van der Waals surface area contributed by atoms with Crippen molar-refractivity contribution in [3.63, 3.8) is 0 Å². The molecule has 1 aliphatic heterocycles. The molecule has 3 aromatic rings. The Morgan fingerprint density at radius 2 is 1.70 bits per heavy atom. The Kier molecular flexibility index (Phi) is 6.82. The largest absolute Gasteiger partial charge is 0.463 e. The fourth-order valence-corrected chi connectivity index (χ4v) is 6.99. The van der Waals surface area contributed by atoms with E-state index in [0.717, 1.165) is 34.8 Å². The standard InChI is InChI=1S/C24H29N3O4S2/c28-33(29,26-13-16-30-17-14-26)21-11-9-19(10-12-21)25-24-27(20-6-3-1-2-4-7-20)22(18-32-24)23-8-5-15-31-23/h5,8-12,15,18,20H,1-4,6-7,13-14,16-17H2. The molecule has 1 aromatic carbocycles. The van der Waals surface area contributed by atoms with Gasteiger partial charge in [-0.3, -0.25) is 0 Å². The molecular formula is C24H29N3O4S2. The lowest BCUT2D eigenvalue weighted by Gasteiger charge is -2.26. The lowest BCUT2D eigenvalue weighted by Crippen LogP contribution is -2.40. The molecular weight excluding hydrogens is 458 g/mol. The van der Waals surface area contributed by atoms with Crippen molar-refractivity contribution in [2.45, 2.75) is 49.5 Å². The lowest BCUT2D eigenvalue weighted by atomic mass is 10.1. The summed E-state index contributed by atoms with van der Waals surface area (Å²) in [6.07, 6.45) is 8.97. The zero-order chi connectivity index (χ0) is 22.7. The van der Waals surface area contributed by atoms with Crippen molar-refractivity contribution >= 4 is 27.0 Å². The summed E-state index contributed by atoms with van der Waals surface area (Å²) in [5.74, 6) is 0.851. The monoisotopic (exact) mass is 487 g/mol. The van der Waals surface area contributed by atoms with E-state index >= 15 is 0 Å². The number of nitrogens with zero attached hydrogens (tertiary/aromatic N) is 3. The van der Waals surface area contributed by atoms with E-state index < -0.39 is 10.0 Å². The van der Waals surface area contributed by atoms with Gasteiger partial charge in [0, 0.05) is 24.5 Å². The van der Waals surface area contributed by atoms with E-state index in [9.17, 15) is 8.42 Å². The molecule has 2 aromatic heterocycles. The molecule has 7 nitrogen and oxygen atoms in total. The number of hydrogen-bond acceptors (Lipinski definition) is 6. The fraction of sp³-hybridized carbons (Fsp3) is 0.458. The molecule has 3 heterocycles. The molecule has 5 rings (SSSR count). The number of sulfonamides is 1. The van der Waals surface area contributed by atoms with Crippen molar-refractivity contribution in [1.82, 2.24) is 8.87 Å². The Balaban J connectivity index is 1.49. The molecule has 2 fully saturated rings. The van der Waals surface area contributed by atoms with E-state index in [1.807, 2.05) is 12.1 Å². The Labute approximate surface area is 198 Å². The van der Waals surface area contributed by atoms with Gasteiger partial charge in [-0.15, -0.1) is 11.3 Å². The molecule has 33 heavy (non-hydrogen) atoms. The zero-order valence-electron chi connectivity index (χ0n) is 18.6. The van der Waals surface area contributed by atoms with Crippen LogP contribution in [0.2, 0.25) is 0 Å². The molecule has 1 saturated carbocycles. The lowest BCUT2D eigenvalue weighted by molar-refractivity contribution is 0.0730. The van der Waals surface area contributed by atoms with Crippen molar-refractivity contribution in [3.8, 4) is 11.5 Å². The third kappa shape index (κ3) is 4.87. The highest BCUT2D eigenvalue weighted by Gasteiger charge is 2.26. The number of furan rings is 1. The van der Waals surface area contributed by atoms with Gasteiger partial charge in [0.15, 0.2) is 10.6 Å². The maximum Gasteiger partial charge on any atom is 0.243 e. The van der Waals surface area contributed by atoms with E-state index in [1.165, 1.54) is 30.0 Å². The third-order valence-corrected chi connectivity index (χ3v) is 9.13. The SMILES string of the molecule is O=S(=O)(c1ccc(N=c2scc(-c3ccco3)n2C2CCCCCC2)cc1)N1CCOCC1. The topological polar surface area (TPSA) is 77.0 Å². The van der Waals surface area contributed by atoms with Gasteiger partial charge in [-0.2, -0.15) is 4.31 Å². The Morgan fingerprint density at radius 1 is 0.970 bits per heavy atom. The van der Waals surface area contributed by atoms with Crippen molar-refractivity contribution in [2.24, 2.45) is 4.99 Å². The number of hydrogen-bond donors (Lipinski definition) is 0. The summed E-state index contributed by atoms with van der Waals surface area (Å²) in [6.45, 7) is 1.65. The van der Waals surface area contributed by atoms with E-state index in [-0.39, 0.29) is 0 Å². The van der Waals surface area contributed by atoms with Gasteiger partial charge >= 0.3 is 0 Å². The average Bonchev–Trinajstić information content (AvgIpc) is 3.44. The molecule has 176 valence electrons. The van der Waals surface area contributed by atoms with Gasteiger partial charge in [0.1, 0.15) is 0 Å². The van der Waals surface area contributed by atoms with Gasteiger partial charge in [0.2, 0.25) is 10.0 Å². The van der Waals surface area contributed by atoms with Crippen molar-refractivity contribution in [1.29, 1.82) is 0 Å². The molecule has 0 radical (unpaired) electrons. The number of ether oxygens (including phenoxy) is 1. The second kappa shape index (κ2) is 9.97. The van der Waals surface area contributed by atoms with Gasteiger partial charge in [0.25, 0.3) is 0 Å². The quantitative estimate of drug-likeness (QED) is 0.477. The minimum Gasteiger partial charge on any atom is -0.463 e. The van der Waals surface area contributed by atoms with Gasteiger partial charge in [-0.05, 0) is 49.2 Å². The molecule has 0 unspecified atom stereocenters. The first-order valence-electron chi connectivity index (χ1n) is 11.6. The molecule has 1 saturated heterocycles. The Hall–Kier alpha value is -2.20. The zero-order valence-corrected chi connectivity index (χ0v) is 20.2. The number of benzene rings is 1. The summed E-state index contributed by atoms with van der Waals surface area (Å²) in [5.41, 5.74) is 1.80. The van der Waals surface area contributed by atoms with Gasteiger partial charge < -0.3 is 13.7 Å². The fourth-order valence-electron chi connectivity index (χ4n) is 4.61. The summed E-state index contributed by atoms with van der Waals surface area (Å²) >= 11 is 1.60. The smallest absolute Gasteiger partial charge is 0.243 e. The second-order valence-electron chi connectivity index (χ2n) is 8.52. The maximum atomic E-state index is 12.9. The number of thiazole rings is 1. The van der Waals surface area contributed by atoms with Crippen LogP contribution in [-0.2, 0) is 14.8 Å². The average molecular weight is 488 g/mol. The van der Waals surface area contributed by atoms with Crippen LogP contribution in [0, 0.1) is 0 Å². The molecule has 2 aliphatic rings. The first kappa shape index (κ1) is 22.6. The predicted octanol–water partition coefficient (Wildman–Crippen LogP) is 4.96. The highest BCUT2D eigenvalue weighted by atomic mass is 32.2. The third-order valence-electron chi connectivity index (χ3n) is 6.37. The minimum atomic E-state index is -3.51. The highest BCUT2D eigenvalue weighted by molar-refractivity contribution is 7.89. The van der Waals surface area contributed by atoms with Crippen LogP contribution in [-0.4, -0.2) is 43.6 Å². The number of aromatic nitrogens is 1. The van der Waals surface area contributed by atoms with Crippen LogP contribution >= 0.6 is 11.3 Å². The summed E-state index contributed by atoms with van der Waals surface area (Å²) in [4.78, 5) is 6.13. The summed E-state index contributed by atoms with van der Waals surface area (Å²) in [7, 11) is -3.51. The van der Waals surface area contributed by atoms with Crippen molar-refractivity contribution in [2.75, 3.05) is 26.3 Å². The molecule has 0 atom stereocenters. The van der Waals surface area contributed by atoms with E-state index in [2.05, 4.69) is 9.95 Å². The van der Waals surface area contributed by atoms with Crippen LogP contribution in [0.3, 0.4) is 0 Å². The van der Waals surface area contributed by atoms with Gasteiger partial charge in [-0.25, -0.2) is 13.4 Å². The Bertz CT molecular complexity index is 1210. The van der Waals surface area contributed by atoms with Crippen LogP contribution in [0.5, 0.6) is 0 Å². The van der Waals surface area contributed by atoms with E-state index in [4.69, 9.17) is 14.1 Å². The number of rotatable bonds is 5. The minimum absolute atomic E-state index is 0.294. The Morgan fingerprint density at radius 3 is 2.36 bits per heavy atom. The molecule has 0 N–H and O–H groups in total. The summed E-state index contributed by atoms with van der Waals surface area (Å²) in [5, 5.41) is 2.11. The summed E-state index contributed by atoms with van der Waals surface area (Å²) < 4.78 is 40.6. The normalized spacial score (nSPS) is 19.6. The molecule has 1 aliphatic carbocycles. The maximum absolute atomic E-state index is 12.9. The van der Waals surface area contributed by atoms with Crippen LogP contribution in [0.1, 0.15) is 44.6 Å². The first-order chi connectivity index (χ1) is 16.1. The van der Waals surface area contributed by atoms with Gasteiger partial charge in [0.05, 0.1) is 35.8 Å². The molecule has 0 amide bonds. The van der Waals surface area contributed by atoms with Crippen LogP contribution in [0.15, 0.2) is 62.3 Å².